The van der Waals surface area contributed by atoms with E-state index in [0.717, 1.165) is 22.9 Å². The highest BCUT2D eigenvalue weighted by atomic mass is 35.5. The molecular formula is C23H36ClN5O6. The number of hydrogen-bond acceptors (Lipinski definition) is 8. The minimum atomic E-state index is -1.88. The van der Waals surface area contributed by atoms with Crippen LogP contribution >= 0.6 is 11.6 Å². The van der Waals surface area contributed by atoms with E-state index in [-0.39, 0.29) is 6.54 Å². The average molecular weight is 514 g/mol. The molecule has 1 aliphatic rings. The first-order valence-electron chi connectivity index (χ1n) is 11.7. The summed E-state index contributed by atoms with van der Waals surface area (Å²) in [5.74, 6) is -1.62. The molecule has 1 saturated heterocycles. The van der Waals surface area contributed by atoms with Gasteiger partial charge in [-0.25, -0.2) is 0 Å². The number of hydroxylamine groups is 2. The molecule has 1 aromatic rings. The molecule has 1 unspecified atom stereocenters. The molecule has 1 aromatic carbocycles. The Morgan fingerprint density at radius 1 is 1.17 bits per heavy atom. The Kier molecular flexibility index (Phi) is 11.8. The van der Waals surface area contributed by atoms with Crippen LogP contribution in [0.3, 0.4) is 0 Å². The summed E-state index contributed by atoms with van der Waals surface area (Å²) >= 11 is 6.23. The number of halogens is 1. The van der Waals surface area contributed by atoms with Gasteiger partial charge in [-0.3, -0.25) is 14.4 Å². The van der Waals surface area contributed by atoms with Gasteiger partial charge >= 0.3 is 0 Å². The Hall–Kier alpha value is -2.28. The number of likely N-dealkylation sites (tertiary alicyclic amines) is 1. The number of carbonyl (C=O) groups excluding carboxylic acids is 3. The molecule has 11 nitrogen and oxygen atoms in total. The smallest absolute Gasteiger partial charge is 0.248 e. The van der Waals surface area contributed by atoms with Crippen molar-refractivity contribution in [3.63, 3.8) is 0 Å². The number of carbonyl (C=O) groups is 3. The van der Waals surface area contributed by atoms with Gasteiger partial charge in [0.05, 0.1) is 5.38 Å². The van der Waals surface area contributed by atoms with E-state index in [1.807, 2.05) is 7.05 Å². The van der Waals surface area contributed by atoms with E-state index >= 15 is 0 Å². The number of hydrogen-bond donors (Lipinski definition) is 6. The first-order valence-corrected chi connectivity index (χ1v) is 12.1. The van der Waals surface area contributed by atoms with Gasteiger partial charge in [-0.05, 0) is 44.8 Å². The molecule has 1 fully saturated rings. The minimum absolute atomic E-state index is 0.301. The minimum Gasteiger partial charge on any atom is -0.366 e. The second kappa shape index (κ2) is 14.3. The molecule has 1 heterocycles. The van der Waals surface area contributed by atoms with Crippen molar-refractivity contribution in [1.29, 1.82) is 0 Å². The zero-order valence-corrected chi connectivity index (χ0v) is 20.8. The molecule has 0 radical (unpaired) electrons. The van der Waals surface area contributed by atoms with Crippen LogP contribution in [-0.2, 0) is 14.4 Å². The largest absolute Gasteiger partial charge is 0.366 e. The van der Waals surface area contributed by atoms with Gasteiger partial charge in [0.15, 0.2) is 6.29 Å². The summed E-state index contributed by atoms with van der Waals surface area (Å²) in [5.41, 5.74) is 0.510. The maximum atomic E-state index is 13.3. The summed E-state index contributed by atoms with van der Waals surface area (Å²) in [6, 6.07) is 6.38. The van der Waals surface area contributed by atoms with Crippen molar-refractivity contribution in [2.45, 2.75) is 62.5 Å². The van der Waals surface area contributed by atoms with Crippen LogP contribution in [0.5, 0.6) is 0 Å². The van der Waals surface area contributed by atoms with Crippen LogP contribution in [0.4, 0.5) is 0 Å². The highest BCUT2D eigenvalue weighted by Crippen LogP contribution is 2.28. The van der Waals surface area contributed by atoms with E-state index in [2.05, 4.69) is 16.0 Å². The number of nitrogens with one attached hydrogen (secondary N) is 3. The van der Waals surface area contributed by atoms with Gasteiger partial charge in [0.1, 0.15) is 24.8 Å². The number of alkyl halides is 1. The third kappa shape index (κ3) is 8.71. The molecule has 6 N–H and O–H groups in total. The predicted octanol–water partition coefficient (Wildman–Crippen LogP) is -0.0940. The van der Waals surface area contributed by atoms with Gasteiger partial charge in [0, 0.05) is 13.5 Å². The molecule has 12 heteroatoms. The molecule has 0 aliphatic carbocycles. The van der Waals surface area contributed by atoms with Crippen LogP contribution in [0.1, 0.15) is 44.2 Å². The first-order chi connectivity index (χ1) is 16.6. The number of piperidine rings is 1. The summed E-state index contributed by atoms with van der Waals surface area (Å²) in [6.45, 7) is 2.04. The molecule has 0 aromatic heterocycles. The summed E-state index contributed by atoms with van der Waals surface area (Å²) in [7, 11) is 1.84. The second-order valence-corrected chi connectivity index (χ2v) is 9.12. The van der Waals surface area contributed by atoms with Crippen LogP contribution in [0, 0.1) is 0 Å². The van der Waals surface area contributed by atoms with E-state index in [1.54, 1.807) is 30.3 Å². The molecule has 2 rings (SSSR count). The van der Waals surface area contributed by atoms with Crippen molar-refractivity contribution in [3.05, 3.63) is 35.9 Å². The van der Waals surface area contributed by atoms with Crippen molar-refractivity contribution in [2.75, 3.05) is 26.7 Å². The van der Waals surface area contributed by atoms with Crippen LogP contribution < -0.4 is 16.0 Å². The summed E-state index contributed by atoms with van der Waals surface area (Å²) in [5, 5.41) is 38.2. The predicted molar refractivity (Wildman–Crippen MR) is 129 cm³/mol. The standard InChI is InChI=1S/C23H36ClN5O6/c1-15(30)29-18(11-10-17(24)21(29)23(33)34)26-22(32)20(16-8-4-3-5-9-16)27-19(31)14-28(35)13-7-6-12-25-2/h3-5,8-9,17-18,20-21,23,25,33-35H,6-7,10-14H2,1-2H3,(H,26,32)(H,27,31)/t17?,18-,20+,21+/m1/s1. The molecule has 0 bridgehead atoms. The Morgan fingerprint density at radius 3 is 2.46 bits per heavy atom. The van der Waals surface area contributed by atoms with Gasteiger partial charge in [-0.15, -0.1) is 11.6 Å². The molecular weight excluding hydrogens is 478 g/mol. The zero-order chi connectivity index (χ0) is 26.0. The molecule has 35 heavy (non-hydrogen) atoms. The number of aliphatic hydroxyl groups is 2. The van der Waals surface area contributed by atoms with Crippen LogP contribution in [-0.4, -0.2) is 93.7 Å². The molecule has 1 aliphatic heterocycles. The fourth-order valence-corrected chi connectivity index (χ4v) is 4.53. The SMILES string of the molecule is CNCCCCN(O)CC(=O)N[C@H](C(=O)N[C@H]1CCC(Cl)[C@@H](C(O)O)N1C(C)=O)c1ccccc1. The van der Waals surface area contributed by atoms with Crippen LogP contribution in [0.2, 0.25) is 0 Å². The van der Waals surface area contributed by atoms with E-state index < -0.39 is 47.6 Å². The monoisotopic (exact) mass is 513 g/mol. The van der Waals surface area contributed by atoms with Crippen molar-refractivity contribution in [1.82, 2.24) is 25.9 Å². The average Bonchev–Trinajstić information content (AvgIpc) is 2.81. The number of aliphatic hydroxyl groups excluding tert-OH is 1. The van der Waals surface area contributed by atoms with Crippen LogP contribution in [0.25, 0.3) is 0 Å². The highest BCUT2D eigenvalue weighted by Gasteiger charge is 2.42. The molecule has 4 atom stereocenters. The lowest BCUT2D eigenvalue weighted by Gasteiger charge is -2.45. The van der Waals surface area contributed by atoms with Crippen molar-refractivity contribution in [2.24, 2.45) is 0 Å². The number of nitrogens with zero attached hydrogens (tertiary/aromatic N) is 2. The normalized spacial score (nSPS) is 21.1. The lowest BCUT2D eigenvalue weighted by Crippen LogP contribution is -2.64. The fourth-order valence-electron chi connectivity index (χ4n) is 4.15. The Balaban J connectivity index is 2.12. The number of rotatable bonds is 12. The zero-order valence-electron chi connectivity index (χ0n) is 20.1. The Bertz CT molecular complexity index is 830. The van der Waals surface area contributed by atoms with Gasteiger partial charge in [0.2, 0.25) is 17.7 Å². The van der Waals surface area contributed by atoms with E-state index in [4.69, 9.17) is 11.6 Å². The van der Waals surface area contributed by atoms with Gasteiger partial charge in [-0.1, -0.05) is 30.3 Å². The fraction of sp³-hybridized carbons (Fsp3) is 0.609. The third-order valence-corrected chi connectivity index (χ3v) is 6.32. The number of benzene rings is 1. The lowest BCUT2D eigenvalue weighted by molar-refractivity contribution is -0.159. The number of amides is 3. The Morgan fingerprint density at radius 2 is 1.86 bits per heavy atom. The van der Waals surface area contributed by atoms with E-state index in [1.165, 1.54) is 6.92 Å². The van der Waals surface area contributed by atoms with Crippen molar-refractivity contribution >= 4 is 29.3 Å². The van der Waals surface area contributed by atoms with E-state index in [0.29, 0.717) is 31.4 Å². The maximum Gasteiger partial charge on any atom is 0.248 e. The molecule has 3 amide bonds. The van der Waals surface area contributed by atoms with E-state index in [9.17, 15) is 29.8 Å². The van der Waals surface area contributed by atoms with Gasteiger partial charge in [-0.2, -0.15) is 5.06 Å². The molecule has 0 spiro atoms. The van der Waals surface area contributed by atoms with Gasteiger partial charge in [0.25, 0.3) is 0 Å². The summed E-state index contributed by atoms with van der Waals surface area (Å²) < 4.78 is 0. The van der Waals surface area contributed by atoms with Crippen LogP contribution in [0.15, 0.2) is 30.3 Å². The maximum absolute atomic E-state index is 13.3. The quantitative estimate of drug-likeness (QED) is 0.0980. The van der Waals surface area contributed by atoms with Crippen molar-refractivity contribution in [3.8, 4) is 0 Å². The number of unbranched alkanes of at least 4 members (excludes halogenated alkanes) is 1. The third-order valence-electron chi connectivity index (χ3n) is 5.84. The highest BCUT2D eigenvalue weighted by molar-refractivity contribution is 6.21. The second-order valence-electron chi connectivity index (χ2n) is 8.56. The topological polar surface area (TPSA) is 154 Å². The van der Waals surface area contributed by atoms with Gasteiger partial charge < -0.3 is 36.3 Å². The first kappa shape index (κ1) is 29.0. The summed E-state index contributed by atoms with van der Waals surface area (Å²) in [4.78, 5) is 39.4. The Labute approximate surface area is 210 Å². The summed E-state index contributed by atoms with van der Waals surface area (Å²) in [6.07, 6.45) is -0.552. The van der Waals surface area contributed by atoms with Crippen molar-refractivity contribution < 1.29 is 29.8 Å². The molecule has 0 saturated carbocycles. The molecule has 196 valence electrons. The lowest BCUT2D eigenvalue weighted by atomic mass is 9.97.